The third-order valence-electron chi connectivity index (χ3n) is 4.85. The molecule has 1 fully saturated rings. The number of carboxylic acid groups (broad SMARTS) is 1. The molecule has 0 spiro atoms. The van der Waals surface area contributed by atoms with Gasteiger partial charge in [0.05, 0.1) is 0 Å². The van der Waals surface area contributed by atoms with Gasteiger partial charge in [0, 0.05) is 48.4 Å². The number of fused-ring (bicyclic) bond motifs is 1. The Morgan fingerprint density at radius 2 is 2.18 bits per heavy atom. The number of likely N-dealkylation sites (N-methyl/N-ethyl adjacent to an activating group) is 1. The Morgan fingerprint density at radius 3 is 2.86 bits per heavy atom. The Kier molecular flexibility index (Phi) is 4.82. The lowest BCUT2D eigenvalue weighted by atomic mass is 9.91. The first kappa shape index (κ1) is 15.9. The van der Waals surface area contributed by atoms with Crippen LogP contribution in [0.15, 0.2) is 6.07 Å². The highest BCUT2D eigenvalue weighted by Gasteiger charge is 2.30. The molecule has 3 N–H and O–H groups in total. The first-order valence-corrected chi connectivity index (χ1v) is 8.88. The molecule has 0 saturated carbocycles. The van der Waals surface area contributed by atoms with Gasteiger partial charge in [0.25, 0.3) is 0 Å². The van der Waals surface area contributed by atoms with Crippen molar-refractivity contribution < 1.29 is 9.90 Å². The fourth-order valence-electron chi connectivity index (χ4n) is 3.51. The van der Waals surface area contributed by atoms with Gasteiger partial charge in [0.1, 0.15) is 6.04 Å². The standard InChI is InChI=1S/C16H25N3O2S/c1-18-5-7-19(8-6-18)14-3-2-4-15-12(14)9-11(22-15)10-13(17)16(20)21/h9,13-14H,2-8,10,17H2,1H3,(H,20,21). The molecule has 6 heteroatoms. The van der Waals surface area contributed by atoms with Crippen LogP contribution >= 0.6 is 11.3 Å². The van der Waals surface area contributed by atoms with E-state index in [9.17, 15) is 4.79 Å². The Morgan fingerprint density at radius 1 is 1.45 bits per heavy atom. The number of carbonyl (C=O) groups is 1. The molecular weight excluding hydrogens is 298 g/mol. The first-order chi connectivity index (χ1) is 10.5. The second kappa shape index (κ2) is 6.66. The topological polar surface area (TPSA) is 69.8 Å². The zero-order valence-corrected chi connectivity index (χ0v) is 13.9. The number of nitrogens with two attached hydrogens (primary N) is 1. The maximum Gasteiger partial charge on any atom is 0.320 e. The van der Waals surface area contributed by atoms with Crippen molar-refractivity contribution in [1.29, 1.82) is 0 Å². The molecule has 1 aliphatic heterocycles. The Balaban J connectivity index is 1.75. The minimum absolute atomic E-state index is 0.447. The number of aliphatic carboxylic acids is 1. The summed E-state index contributed by atoms with van der Waals surface area (Å²) >= 11 is 1.77. The fourth-order valence-corrected chi connectivity index (χ4v) is 4.83. The molecule has 2 unspecified atom stereocenters. The second-order valence-corrected chi connectivity index (χ2v) is 7.71. The third kappa shape index (κ3) is 3.35. The number of carboxylic acids is 1. The van der Waals surface area contributed by atoms with Crippen molar-refractivity contribution >= 4 is 17.3 Å². The smallest absolute Gasteiger partial charge is 0.320 e. The molecule has 122 valence electrons. The van der Waals surface area contributed by atoms with Gasteiger partial charge in [-0.05, 0) is 37.9 Å². The van der Waals surface area contributed by atoms with Gasteiger partial charge >= 0.3 is 5.97 Å². The molecule has 0 aromatic carbocycles. The molecule has 0 bridgehead atoms. The van der Waals surface area contributed by atoms with E-state index in [0.29, 0.717) is 12.5 Å². The van der Waals surface area contributed by atoms with Crippen LogP contribution in [0.25, 0.3) is 0 Å². The molecule has 0 amide bonds. The van der Waals surface area contributed by atoms with E-state index in [4.69, 9.17) is 10.8 Å². The highest BCUT2D eigenvalue weighted by molar-refractivity contribution is 7.12. The zero-order chi connectivity index (χ0) is 15.7. The normalized spacial score (nSPS) is 24.9. The highest BCUT2D eigenvalue weighted by Crippen LogP contribution is 2.39. The van der Waals surface area contributed by atoms with Crippen LogP contribution < -0.4 is 5.73 Å². The van der Waals surface area contributed by atoms with Gasteiger partial charge in [0.2, 0.25) is 0 Å². The lowest BCUT2D eigenvalue weighted by molar-refractivity contribution is -0.138. The molecule has 1 aromatic rings. The average Bonchev–Trinajstić information content (AvgIpc) is 2.90. The molecule has 5 nitrogen and oxygen atoms in total. The number of hydrogen-bond donors (Lipinski definition) is 2. The van der Waals surface area contributed by atoms with Gasteiger partial charge in [0.15, 0.2) is 0 Å². The van der Waals surface area contributed by atoms with Crippen LogP contribution in [0.5, 0.6) is 0 Å². The van der Waals surface area contributed by atoms with Crippen LogP contribution in [-0.4, -0.2) is 60.1 Å². The maximum atomic E-state index is 11.0. The van der Waals surface area contributed by atoms with Crippen molar-refractivity contribution in [3.63, 3.8) is 0 Å². The molecule has 2 aliphatic rings. The van der Waals surface area contributed by atoms with Crippen molar-refractivity contribution in [3.8, 4) is 0 Å². The number of hydrogen-bond acceptors (Lipinski definition) is 5. The lowest BCUT2D eigenvalue weighted by Gasteiger charge is -2.39. The van der Waals surface area contributed by atoms with E-state index in [0.717, 1.165) is 37.5 Å². The Labute approximate surface area is 135 Å². The third-order valence-corrected chi connectivity index (χ3v) is 6.08. The van der Waals surface area contributed by atoms with E-state index >= 15 is 0 Å². The molecule has 2 atom stereocenters. The highest BCUT2D eigenvalue weighted by atomic mass is 32.1. The molecule has 1 aliphatic carbocycles. The van der Waals surface area contributed by atoms with Gasteiger partial charge in [-0.1, -0.05) is 0 Å². The summed E-state index contributed by atoms with van der Waals surface area (Å²) in [5, 5.41) is 8.99. The molecule has 22 heavy (non-hydrogen) atoms. The molecule has 0 radical (unpaired) electrons. The number of nitrogens with zero attached hydrogens (tertiary/aromatic N) is 2. The zero-order valence-electron chi connectivity index (χ0n) is 13.1. The largest absolute Gasteiger partial charge is 0.480 e. The fraction of sp³-hybridized carbons (Fsp3) is 0.688. The molecule has 3 rings (SSSR count). The van der Waals surface area contributed by atoms with Crippen molar-refractivity contribution in [1.82, 2.24) is 9.80 Å². The minimum atomic E-state index is -0.915. The van der Waals surface area contributed by atoms with Crippen LogP contribution in [0.3, 0.4) is 0 Å². The summed E-state index contributed by atoms with van der Waals surface area (Å²) in [6.07, 6.45) is 4.03. The van der Waals surface area contributed by atoms with E-state index < -0.39 is 12.0 Å². The number of piperazine rings is 1. The van der Waals surface area contributed by atoms with Gasteiger partial charge in [-0.25, -0.2) is 0 Å². The summed E-state index contributed by atoms with van der Waals surface area (Å²) in [6, 6.07) is 1.95. The molecule has 1 aromatic heterocycles. The van der Waals surface area contributed by atoms with E-state index in [1.807, 2.05) is 0 Å². The summed E-state index contributed by atoms with van der Waals surface area (Å²) in [6.45, 7) is 4.51. The summed E-state index contributed by atoms with van der Waals surface area (Å²) in [5.74, 6) is -0.915. The molecule has 2 heterocycles. The summed E-state index contributed by atoms with van der Waals surface area (Å²) < 4.78 is 0. The number of thiophene rings is 1. The summed E-state index contributed by atoms with van der Waals surface area (Å²) in [7, 11) is 2.18. The predicted molar refractivity (Wildman–Crippen MR) is 88.4 cm³/mol. The van der Waals surface area contributed by atoms with Gasteiger partial charge in [-0.3, -0.25) is 9.69 Å². The molecule has 1 saturated heterocycles. The van der Waals surface area contributed by atoms with Crippen molar-refractivity contribution in [2.45, 2.75) is 37.8 Å². The van der Waals surface area contributed by atoms with Gasteiger partial charge < -0.3 is 15.7 Å². The lowest BCUT2D eigenvalue weighted by Crippen LogP contribution is -2.46. The summed E-state index contributed by atoms with van der Waals surface area (Å²) in [4.78, 5) is 18.5. The van der Waals surface area contributed by atoms with Crippen LogP contribution in [0.4, 0.5) is 0 Å². The first-order valence-electron chi connectivity index (χ1n) is 8.07. The summed E-state index contributed by atoms with van der Waals surface area (Å²) in [5.41, 5.74) is 7.13. The monoisotopic (exact) mass is 323 g/mol. The Bertz CT molecular complexity index is 537. The van der Waals surface area contributed by atoms with Crippen molar-refractivity contribution in [2.75, 3.05) is 33.2 Å². The SMILES string of the molecule is CN1CCN(C2CCCc3sc(CC(N)C(=O)O)cc32)CC1. The number of rotatable bonds is 4. The predicted octanol–water partition coefficient (Wildman–Crippen LogP) is 1.33. The van der Waals surface area contributed by atoms with Crippen molar-refractivity contribution in [2.24, 2.45) is 5.73 Å². The average molecular weight is 323 g/mol. The van der Waals surface area contributed by atoms with Crippen molar-refractivity contribution in [3.05, 3.63) is 21.4 Å². The second-order valence-electron chi connectivity index (χ2n) is 6.49. The van der Waals surface area contributed by atoms with E-state index in [-0.39, 0.29) is 0 Å². The molecular formula is C16H25N3O2S. The van der Waals surface area contributed by atoms with Gasteiger partial charge in [-0.15, -0.1) is 11.3 Å². The van der Waals surface area contributed by atoms with E-state index in [1.54, 1.807) is 11.3 Å². The number of aryl methyl sites for hydroxylation is 1. The Hall–Kier alpha value is -0.950. The van der Waals surface area contributed by atoms with E-state index in [2.05, 4.69) is 22.9 Å². The van der Waals surface area contributed by atoms with Gasteiger partial charge in [-0.2, -0.15) is 0 Å². The van der Waals surface area contributed by atoms with E-state index in [1.165, 1.54) is 23.3 Å². The van der Waals surface area contributed by atoms with Crippen LogP contribution in [0.1, 0.15) is 34.2 Å². The van der Waals surface area contributed by atoms with Crippen LogP contribution in [0.2, 0.25) is 0 Å². The maximum absolute atomic E-state index is 11.0. The van der Waals surface area contributed by atoms with Crippen LogP contribution in [-0.2, 0) is 17.6 Å². The quantitative estimate of drug-likeness (QED) is 0.875. The van der Waals surface area contributed by atoms with Crippen LogP contribution in [0, 0.1) is 0 Å². The minimum Gasteiger partial charge on any atom is -0.480 e.